The lowest BCUT2D eigenvalue weighted by molar-refractivity contribution is -0.0117. The number of rotatable bonds is 7. The summed E-state index contributed by atoms with van der Waals surface area (Å²) < 4.78 is 6.88. The summed E-state index contributed by atoms with van der Waals surface area (Å²) in [6.07, 6.45) is 1.38. The molecule has 0 spiro atoms. The van der Waals surface area contributed by atoms with E-state index in [2.05, 4.69) is 28.2 Å². The largest absolute Gasteiger partial charge is 0.490 e. The van der Waals surface area contributed by atoms with Gasteiger partial charge < -0.3 is 15.2 Å². The van der Waals surface area contributed by atoms with E-state index in [1.165, 1.54) is 0 Å². The van der Waals surface area contributed by atoms with Gasteiger partial charge in [-0.1, -0.05) is 29.8 Å². The SMILES string of the molecule is CCC(O)(CC)COc1ccc(Br)cc1C(C)NC. The summed E-state index contributed by atoms with van der Waals surface area (Å²) >= 11 is 3.48. The number of nitrogens with one attached hydrogen (secondary N) is 1. The van der Waals surface area contributed by atoms with Crippen molar-refractivity contribution in [3.05, 3.63) is 28.2 Å². The summed E-state index contributed by atoms with van der Waals surface area (Å²) in [5.74, 6) is 0.824. The Hall–Kier alpha value is -0.580. The molecule has 3 nitrogen and oxygen atoms in total. The molecule has 1 aromatic rings. The zero-order chi connectivity index (χ0) is 14.5. The van der Waals surface area contributed by atoms with Gasteiger partial charge in [-0.05, 0) is 45.0 Å². The smallest absolute Gasteiger partial charge is 0.124 e. The van der Waals surface area contributed by atoms with Crippen LogP contribution in [0.2, 0.25) is 0 Å². The number of aliphatic hydroxyl groups is 1. The van der Waals surface area contributed by atoms with Gasteiger partial charge in [-0.15, -0.1) is 0 Å². The highest BCUT2D eigenvalue weighted by atomic mass is 79.9. The van der Waals surface area contributed by atoms with Crippen LogP contribution in [0.5, 0.6) is 5.75 Å². The quantitative estimate of drug-likeness (QED) is 0.802. The molecule has 4 heteroatoms. The van der Waals surface area contributed by atoms with E-state index in [4.69, 9.17) is 4.74 Å². The summed E-state index contributed by atoms with van der Waals surface area (Å²) in [7, 11) is 1.92. The van der Waals surface area contributed by atoms with Gasteiger partial charge in [0.05, 0.1) is 5.60 Å². The molecule has 1 unspecified atom stereocenters. The molecule has 1 atom stereocenters. The topological polar surface area (TPSA) is 41.5 Å². The molecule has 1 aromatic carbocycles. The zero-order valence-electron chi connectivity index (χ0n) is 12.2. The normalized spacial score (nSPS) is 13.4. The van der Waals surface area contributed by atoms with E-state index >= 15 is 0 Å². The molecule has 19 heavy (non-hydrogen) atoms. The minimum Gasteiger partial charge on any atom is -0.490 e. The van der Waals surface area contributed by atoms with Crippen molar-refractivity contribution in [1.82, 2.24) is 5.32 Å². The van der Waals surface area contributed by atoms with E-state index in [-0.39, 0.29) is 6.04 Å². The van der Waals surface area contributed by atoms with Crippen LogP contribution in [0.15, 0.2) is 22.7 Å². The Kier molecular flexibility index (Phi) is 6.30. The lowest BCUT2D eigenvalue weighted by Gasteiger charge is -2.26. The minimum atomic E-state index is -0.743. The van der Waals surface area contributed by atoms with Gasteiger partial charge in [0.1, 0.15) is 12.4 Å². The summed E-state index contributed by atoms with van der Waals surface area (Å²) in [5, 5.41) is 13.5. The first kappa shape index (κ1) is 16.5. The third-order valence-corrected chi connectivity index (χ3v) is 4.18. The maximum absolute atomic E-state index is 10.3. The van der Waals surface area contributed by atoms with Gasteiger partial charge in [0.15, 0.2) is 0 Å². The fourth-order valence-electron chi connectivity index (χ4n) is 1.81. The average Bonchev–Trinajstić information content (AvgIpc) is 2.44. The standard InChI is InChI=1S/C15H24BrNO2/c1-5-15(18,6-2)10-19-14-8-7-12(16)9-13(14)11(3)17-4/h7-9,11,17-18H,5-6,10H2,1-4H3. The van der Waals surface area contributed by atoms with E-state index in [9.17, 15) is 5.11 Å². The second-order valence-electron chi connectivity index (χ2n) is 4.91. The van der Waals surface area contributed by atoms with Crippen molar-refractivity contribution in [3.8, 4) is 5.75 Å². The molecule has 0 heterocycles. The van der Waals surface area contributed by atoms with E-state index in [1.807, 2.05) is 39.1 Å². The summed E-state index contributed by atoms with van der Waals surface area (Å²) in [6, 6.07) is 6.15. The fourth-order valence-corrected chi connectivity index (χ4v) is 2.19. The van der Waals surface area contributed by atoms with E-state index < -0.39 is 5.60 Å². The fraction of sp³-hybridized carbons (Fsp3) is 0.600. The number of halogens is 1. The van der Waals surface area contributed by atoms with Gasteiger partial charge in [0.25, 0.3) is 0 Å². The lowest BCUT2D eigenvalue weighted by Crippen LogP contribution is -2.34. The molecule has 0 aromatic heterocycles. The highest BCUT2D eigenvalue weighted by Gasteiger charge is 2.24. The molecule has 0 aliphatic carbocycles. The van der Waals surface area contributed by atoms with E-state index in [0.717, 1.165) is 15.8 Å². The Labute approximate surface area is 124 Å². The Bertz CT molecular complexity index is 405. The number of hydrogen-bond acceptors (Lipinski definition) is 3. The molecular weight excluding hydrogens is 306 g/mol. The Morgan fingerprint density at radius 2 is 2.00 bits per heavy atom. The summed E-state index contributed by atoms with van der Waals surface area (Å²) in [4.78, 5) is 0. The van der Waals surface area contributed by atoms with Gasteiger partial charge in [-0.2, -0.15) is 0 Å². The van der Waals surface area contributed by atoms with Crippen LogP contribution in [-0.4, -0.2) is 24.4 Å². The van der Waals surface area contributed by atoms with Crippen molar-refractivity contribution < 1.29 is 9.84 Å². The lowest BCUT2D eigenvalue weighted by atomic mass is 9.99. The predicted molar refractivity (Wildman–Crippen MR) is 82.6 cm³/mol. The number of ether oxygens (including phenoxy) is 1. The van der Waals surface area contributed by atoms with Crippen LogP contribution in [0.25, 0.3) is 0 Å². The molecule has 108 valence electrons. The van der Waals surface area contributed by atoms with E-state index in [1.54, 1.807) is 0 Å². The van der Waals surface area contributed by atoms with Crippen molar-refractivity contribution in [3.63, 3.8) is 0 Å². The third kappa shape index (κ3) is 4.48. The maximum Gasteiger partial charge on any atom is 0.124 e. The highest BCUT2D eigenvalue weighted by molar-refractivity contribution is 9.10. The molecule has 0 amide bonds. The Morgan fingerprint density at radius 1 is 1.37 bits per heavy atom. The first-order valence-corrected chi connectivity index (χ1v) is 7.57. The maximum atomic E-state index is 10.3. The summed E-state index contributed by atoms with van der Waals surface area (Å²) in [5.41, 5.74) is 0.346. The van der Waals surface area contributed by atoms with Crippen LogP contribution in [0, 0.1) is 0 Å². The Balaban J connectivity index is 2.89. The van der Waals surface area contributed by atoms with Crippen LogP contribution >= 0.6 is 15.9 Å². The molecular formula is C15H24BrNO2. The molecule has 0 radical (unpaired) electrons. The molecule has 0 bridgehead atoms. The zero-order valence-corrected chi connectivity index (χ0v) is 13.8. The van der Waals surface area contributed by atoms with Gasteiger partial charge in [-0.3, -0.25) is 0 Å². The molecule has 0 saturated carbocycles. The van der Waals surface area contributed by atoms with Crippen LogP contribution in [0.1, 0.15) is 45.2 Å². The van der Waals surface area contributed by atoms with Gasteiger partial charge >= 0.3 is 0 Å². The van der Waals surface area contributed by atoms with Crippen molar-refractivity contribution in [2.75, 3.05) is 13.7 Å². The molecule has 2 N–H and O–H groups in total. The number of benzene rings is 1. The number of hydrogen-bond donors (Lipinski definition) is 2. The molecule has 0 aliphatic rings. The average molecular weight is 330 g/mol. The molecule has 0 aliphatic heterocycles. The second-order valence-corrected chi connectivity index (χ2v) is 5.83. The second kappa shape index (κ2) is 7.27. The van der Waals surface area contributed by atoms with Gasteiger partial charge in [0.2, 0.25) is 0 Å². The predicted octanol–water partition coefficient (Wildman–Crippen LogP) is 3.66. The van der Waals surface area contributed by atoms with Crippen molar-refractivity contribution in [2.45, 2.75) is 45.3 Å². The monoisotopic (exact) mass is 329 g/mol. The van der Waals surface area contributed by atoms with Crippen LogP contribution < -0.4 is 10.1 Å². The molecule has 1 rings (SSSR count). The Morgan fingerprint density at radius 3 is 2.53 bits per heavy atom. The third-order valence-electron chi connectivity index (χ3n) is 3.68. The molecule has 0 fully saturated rings. The van der Waals surface area contributed by atoms with Crippen molar-refractivity contribution >= 4 is 15.9 Å². The van der Waals surface area contributed by atoms with Crippen LogP contribution in [0.3, 0.4) is 0 Å². The summed E-state index contributed by atoms with van der Waals surface area (Å²) in [6.45, 7) is 6.36. The van der Waals surface area contributed by atoms with E-state index in [0.29, 0.717) is 19.4 Å². The first-order chi connectivity index (χ1) is 8.95. The van der Waals surface area contributed by atoms with Crippen molar-refractivity contribution in [1.29, 1.82) is 0 Å². The first-order valence-electron chi connectivity index (χ1n) is 6.77. The van der Waals surface area contributed by atoms with Gasteiger partial charge in [0, 0.05) is 16.1 Å². The van der Waals surface area contributed by atoms with Crippen molar-refractivity contribution in [2.24, 2.45) is 0 Å². The highest BCUT2D eigenvalue weighted by Crippen LogP contribution is 2.29. The van der Waals surface area contributed by atoms with Crippen LogP contribution in [-0.2, 0) is 0 Å². The minimum absolute atomic E-state index is 0.198. The van der Waals surface area contributed by atoms with Crippen LogP contribution in [0.4, 0.5) is 0 Å². The molecule has 0 saturated heterocycles. The van der Waals surface area contributed by atoms with Gasteiger partial charge in [-0.25, -0.2) is 0 Å².